The molecule has 1 atom stereocenters. The van der Waals surface area contributed by atoms with Crippen molar-refractivity contribution in [3.63, 3.8) is 0 Å². The van der Waals surface area contributed by atoms with Crippen LogP contribution in [0.25, 0.3) is 0 Å². The van der Waals surface area contributed by atoms with Gasteiger partial charge < -0.3 is 14.2 Å². The molecule has 0 N–H and O–H groups in total. The first-order chi connectivity index (χ1) is 10.9. The molecule has 1 unspecified atom stereocenters. The molecule has 114 valence electrons. The molecule has 3 rings (SSSR count). The van der Waals surface area contributed by atoms with Gasteiger partial charge >= 0.3 is 0 Å². The highest BCUT2D eigenvalue weighted by Crippen LogP contribution is 2.20. The quantitative estimate of drug-likeness (QED) is 0.771. The van der Waals surface area contributed by atoms with E-state index in [-0.39, 0.29) is 6.29 Å². The van der Waals surface area contributed by atoms with Crippen molar-refractivity contribution in [1.82, 2.24) is 0 Å². The van der Waals surface area contributed by atoms with Crippen LogP contribution in [-0.4, -0.2) is 12.9 Å². The predicted molar refractivity (Wildman–Crippen MR) is 84.9 cm³/mol. The van der Waals surface area contributed by atoms with Gasteiger partial charge in [-0.3, -0.25) is 0 Å². The molecule has 2 aromatic rings. The standard InChI is InChI=1S/C19H20O3/c1-3-7-16(8-4-1)13-20-15-18-11-12-19(22-18)21-14-17-9-5-2-6-10-17/h1-11,19H,12-15H2. The monoisotopic (exact) mass is 296 g/mol. The van der Waals surface area contributed by atoms with E-state index in [0.29, 0.717) is 19.8 Å². The summed E-state index contributed by atoms with van der Waals surface area (Å²) in [5, 5.41) is 0. The Balaban J connectivity index is 1.35. The fraction of sp³-hybridized carbons (Fsp3) is 0.263. The normalized spacial score (nSPS) is 17.1. The van der Waals surface area contributed by atoms with Crippen molar-refractivity contribution in [1.29, 1.82) is 0 Å². The highest BCUT2D eigenvalue weighted by atomic mass is 16.7. The van der Waals surface area contributed by atoms with Gasteiger partial charge in [0, 0.05) is 6.42 Å². The van der Waals surface area contributed by atoms with Crippen molar-refractivity contribution in [3.05, 3.63) is 83.6 Å². The highest BCUT2D eigenvalue weighted by Gasteiger charge is 2.18. The van der Waals surface area contributed by atoms with Crippen LogP contribution in [0, 0.1) is 0 Å². The Morgan fingerprint density at radius 3 is 2.14 bits per heavy atom. The van der Waals surface area contributed by atoms with Crippen LogP contribution >= 0.6 is 0 Å². The Labute approximate surface area is 131 Å². The molecule has 0 radical (unpaired) electrons. The minimum atomic E-state index is -0.199. The molecular weight excluding hydrogens is 276 g/mol. The molecule has 0 aliphatic carbocycles. The molecule has 3 heteroatoms. The first kappa shape index (κ1) is 14.8. The molecule has 0 spiro atoms. The molecule has 0 aromatic heterocycles. The van der Waals surface area contributed by atoms with E-state index in [1.54, 1.807) is 0 Å². The second-order valence-electron chi connectivity index (χ2n) is 5.23. The van der Waals surface area contributed by atoms with Gasteiger partial charge in [-0.05, 0) is 17.2 Å². The summed E-state index contributed by atoms with van der Waals surface area (Å²) in [7, 11) is 0. The van der Waals surface area contributed by atoms with Crippen LogP contribution < -0.4 is 0 Å². The molecule has 0 saturated carbocycles. The van der Waals surface area contributed by atoms with Gasteiger partial charge in [0.2, 0.25) is 6.29 Å². The van der Waals surface area contributed by atoms with Crippen molar-refractivity contribution in [3.8, 4) is 0 Å². The SMILES string of the molecule is C1=C(COCc2ccccc2)OC(OCc2ccccc2)C1. The van der Waals surface area contributed by atoms with Crippen LogP contribution in [-0.2, 0) is 27.4 Å². The molecular formula is C19H20O3. The Bertz CT molecular complexity index is 593. The van der Waals surface area contributed by atoms with Gasteiger partial charge in [-0.1, -0.05) is 60.7 Å². The fourth-order valence-corrected chi connectivity index (χ4v) is 2.29. The van der Waals surface area contributed by atoms with Crippen molar-refractivity contribution >= 4 is 0 Å². The lowest BCUT2D eigenvalue weighted by Crippen LogP contribution is -2.12. The second-order valence-corrected chi connectivity index (χ2v) is 5.23. The third-order valence-corrected chi connectivity index (χ3v) is 3.46. The smallest absolute Gasteiger partial charge is 0.203 e. The minimum absolute atomic E-state index is 0.199. The maximum atomic E-state index is 5.75. The average molecular weight is 296 g/mol. The molecule has 0 bridgehead atoms. The van der Waals surface area contributed by atoms with Gasteiger partial charge in [0.05, 0.1) is 13.2 Å². The summed E-state index contributed by atoms with van der Waals surface area (Å²) in [4.78, 5) is 0. The van der Waals surface area contributed by atoms with Crippen LogP contribution in [0.1, 0.15) is 17.5 Å². The molecule has 0 fully saturated rings. The Hall–Kier alpha value is -2.10. The van der Waals surface area contributed by atoms with Gasteiger partial charge in [0.1, 0.15) is 12.4 Å². The molecule has 0 saturated heterocycles. The van der Waals surface area contributed by atoms with Crippen LogP contribution in [0.5, 0.6) is 0 Å². The van der Waals surface area contributed by atoms with E-state index in [1.165, 1.54) is 0 Å². The van der Waals surface area contributed by atoms with Crippen LogP contribution in [0.15, 0.2) is 72.5 Å². The molecule has 1 heterocycles. The van der Waals surface area contributed by atoms with Crippen LogP contribution in [0.2, 0.25) is 0 Å². The number of hydrogen-bond donors (Lipinski definition) is 0. The molecule has 22 heavy (non-hydrogen) atoms. The maximum absolute atomic E-state index is 5.75. The van der Waals surface area contributed by atoms with Crippen LogP contribution in [0.4, 0.5) is 0 Å². The van der Waals surface area contributed by atoms with E-state index in [0.717, 1.165) is 23.3 Å². The summed E-state index contributed by atoms with van der Waals surface area (Å²) >= 11 is 0. The summed E-state index contributed by atoms with van der Waals surface area (Å²) in [6, 6.07) is 20.2. The lowest BCUT2D eigenvalue weighted by Gasteiger charge is -2.14. The average Bonchev–Trinajstić information content (AvgIpc) is 3.03. The highest BCUT2D eigenvalue weighted by molar-refractivity contribution is 5.14. The van der Waals surface area contributed by atoms with E-state index in [9.17, 15) is 0 Å². The summed E-state index contributed by atoms with van der Waals surface area (Å²) in [6.07, 6.45) is 2.62. The second kappa shape index (κ2) is 7.78. The van der Waals surface area contributed by atoms with Gasteiger partial charge in [0.15, 0.2) is 0 Å². The number of benzene rings is 2. The lowest BCUT2D eigenvalue weighted by atomic mass is 10.2. The Morgan fingerprint density at radius 1 is 0.818 bits per heavy atom. The minimum Gasteiger partial charge on any atom is -0.467 e. The maximum Gasteiger partial charge on any atom is 0.203 e. The largest absolute Gasteiger partial charge is 0.467 e. The first-order valence-electron chi connectivity index (χ1n) is 7.53. The summed E-state index contributed by atoms with van der Waals surface area (Å²) in [6.45, 7) is 1.65. The van der Waals surface area contributed by atoms with Gasteiger partial charge in [0.25, 0.3) is 0 Å². The molecule has 3 nitrogen and oxygen atoms in total. The van der Waals surface area contributed by atoms with Gasteiger partial charge in [-0.15, -0.1) is 0 Å². The van der Waals surface area contributed by atoms with Gasteiger partial charge in [-0.25, -0.2) is 0 Å². The predicted octanol–water partition coefficient (Wildman–Crippen LogP) is 4.05. The lowest BCUT2D eigenvalue weighted by molar-refractivity contribution is -0.115. The Morgan fingerprint density at radius 2 is 1.45 bits per heavy atom. The van der Waals surface area contributed by atoms with E-state index >= 15 is 0 Å². The summed E-state index contributed by atoms with van der Waals surface area (Å²) in [5.41, 5.74) is 2.32. The molecule has 1 aliphatic rings. The number of ether oxygens (including phenoxy) is 3. The van der Waals surface area contributed by atoms with E-state index < -0.39 is 0 Å². The first-order valence-corrected chi connectivity index (χ1v) is 7.53. The zero-order chi connectivity index (χ0) is 15.0. The van der Waals surface area contributed by atoms with Crippen molar-refractivity contribution in [2.45, 2.75) is 25.9 Å². The molecule has 1 aliphatic heterocycles. The zero-order valence-electron chi connectivity index (χ0n) is 12.5. The van der Waals surface area contributed by atoms with E-state index in [4.69, 9.17) is 14.2 Å². The molecule has 0 amide bonds. The topological polar surface area (TPSA) is 27.7 Å². The summed E-state index contributed by atoms with van der Waals surface area (Å²) in [5.74, 6) is 0.856. The van der Waals surface area contributed by atoms with Crippen molar-refractivity contribution in [2.75, 3.05) is 6.61 Å². The molecule has 2 aromatic carbocycles. The van der Waals surface area contributed by atoms with E-state index in [1.807, 2.05) is 54.6 Å². The van der Waals surface area contributed by atoms with Crippen molar-refractivity contribution in [2.24, 2.45) is 0 Å². The van der Waals surface area contributed by atoms with Crippen molar-refractivity contribution < 1.29 is 14.2 Å². The third-order valence-electron chi connectivity index (χ3n) is 3.46. The van der Waals surface area contributed by atoms with E-state index in [2.05, 4.69) is 12.1 Å². The van der Waals surface area contributed by atoms with Crippen LogP contribution in [0.3, 0.4) is 0 Å². The summed E-state index contributed by atoms with van der Waals surface area (Å²) < 4.78 is 17.2. The third kappa shape index (κ3) is 4.45. The number of hydrogen-bond acceptors (Lipinski definition) is 3. The Kier molecular flexibility index (Phi) is 5.24. The number of rotatable bonds is 7. The van der Waals surface area contributed by atoms with Gasteiger partial charge in [-0.2, -0.15) is 0 Å². The zero-order valence-corrected chi connectivity index (χ0v) is 12.5. The fourth-order valence-electron chi connectivity index (χ4n) is 2.29.